The summed E-state index contributed by atoms with van der Waals surface area (Å²) >= 11 is 0.517. The van der Waals surface area contributed by atoms with Crippen LogP contribution in [0.4, 0.5) is 0 Å². The van der Waals surface area contributed by atoms with Gasteiger partial charge in [-0.25, -0.2) is 0 Å². The standard InChI is InChI=1S/C12H17NOSe/c1-4-15-12-8-6-5-7-11(12)9(2)13-10(3)14/h5-9H,4H2,1-3H3,(H,13,14)/t9-/m1/s1. The van der Waals surface area contributed by atoms with Gasteiger partial charge in [0.25, 0.3) is 0 Å². The Bertz CT molecular complexity index is 338. The van der Waals surface area contributed by atoms with Gasteiger partial charge in [0.2, 0.25) is 0 Å². The molecule has 0 radical (unpaired) electrons. The van der Waals surface area contributed by atoms with Gasteiger partial charge in [0, 0.05) is 0 Å². The van der Waals surface area contributed by atoms with Gasteiger partial charge in [-0.3, -0.25) is 0 Å². The third kappa shape index (κ3) is 3.69. The monoisotopic (exact) mass is 271 g/mol. The van der Waals surface area contributed by atoms with E-state index in [-0.39, 0.29) is 11.9 Å². The van der Waals surface area contributed by atoms with Crippen LogP contribution < -0.4 is 9.78 Å². The van der Waals surface area contributed by atoms with Crippen LogP contribution in [0.1, 0.15) is 32.4 Å². The normalized spacial score (nSPS) is 12.2. The molecule has 15 heavy (non-hydrogen) atoms. The molecular weight excluding hydrogens is 253 g/mol. The molecule has 0 fully saturated rings. The molecule has 0 unspecified atom stereocenters. The summed E-state index contributed by atoms with van der Waals surface area (Å²) in [5, 5.41) is 4.12. The molecule has 0 aliphatic heterocycles. The predicted molar refractivity (Wildman–Crippen MR) is 64.5 cm³/mol. The van der Waals surface area contributed by atoms with Crippen molar-refractivity contribution in [1.82, 2.24) is 5.32 Å². The van der Waals surface area contributed by atoms with Crippen LogP contribution in [0.2, 0.25) is 5.32 Å². The number of benzene rings is 1. The van der Waals surface area contributed by atoms with Crippen LogP contribution in [-0.2, 0) is 4.79 Å². The van der Waals surface area contributed by atoms with E-state index >= 15 is 0 Å². The molecule has 3 heteroatoms. The van der Waals surface area contributed by atoms with Crippen molar-refractivity contribution in [3.05, 3.63) is 29.8 Å². The molecule has 1 amide bonds. The third-order valence-corrected chi connectivity index (χ3v) is 4.14. The van der Waals surface area contributed by atoms with Gasteiger partial charge in [0.05, 0.1) is 0 Å². The Morgan fingerprint density at radius 1 is 1.47 bits per heavy atom. The molecule has 0 bridgehead atoms. The van der Waals surface area contributed by atoms with Crippen molar-refractivity contribution in [2.75, 3.05) is 0 Å². The molecule has 1 N–H and O–H groups in total. The van der Waals surface area contributed by atoms with Crippen LogP contribution in [0.15, 0.2) is 24.3 Å². The van der Waals surface area contributed by atoms with Crippen molar-refractivity contribution in [3.8, 4) is 0 Å². The van der Waals surface area contributed by atoms with E-state index < -0.39 is 0 Å². The number of amides is 1. The molecule has 0 aliphatic rings. The number of carbonyl (C=O) groups is 1. The summed E-state index contributed by atoms with van der Waals surface area (Å²) in [7, 11) is 0. The molecule has 1 atom stereocenters. The fraction of sp³-hybridized carbons (Fsp3) is 0.417. The second-order valence-electron chi connectivity index (χ2n) is 3.39. The average Bonchev–Trinajstić information content (AvgIpc) is 2.18. The molecule has 0 heterocycles. The SMILES string of the molecule is CC[Se]c1ccccc1[C@@H](C)NC(C)=O. The van der Waals surface area contributed by atoms with Crippen LogP contribution >= 0.6 is 0 Å². The molecule has 82 valence electrons. The summed E-state index contributed by atoms with van der Waals surface area (Å²) in [6, 6.07) is 8.48. The van der Waals surface area contributed by atoms with E-state index in [2.05, 4.69) is 30.4 Å². The fourth-order valence-electron chi connectivity index (χ4n) is 1.51. The van der Waals surface area contributed by atoms with Crippen LogP contribution in [0.25, 0.3) is 0 Å². The number of hydrogen-bond donors (Lipinski definition) is 1. The van der Waals surface area contributed by atoms with Crippen LogP contribution in [0.3, 0.4) is 0 Å². The molecule has 0 spiro atoms. The Morgan fingerprint density at radius 2 is 2.13 bits per heavy atom. The first kappa shape index (κ1) is 12.3. The molecule has 1 rings (SSSR count). The van der Waals surface area contributed by atoms with Crippen molar-refractivity contribution in [1.29, 1.82) is 0 Å². The van der Waals surface area contributed by atoms with E-state index in [4.69, 9.17) is 0 Å². The molecule has 0 saturated heterocycles. The average molecular weight is 270 g/mol. The van der Waals surface area contributed by atoms with Gasteiger partial charge in [0.1, 0.15) is 0 Å². The van der Waals surface area contributed by atoms with Gasteiger partial charge in [-0.1, -0.05) is 0 Å². The van der Waals surface area contributed by atoms with Crippen LogP contribution in [0.5, 0.6) is 0 Å². The van der Waals surface area contributed by atoms with Gasteiger partial charge < -0.3 is 0 Å². The Kier molecular flexibility index (Phi) is 4.86. The first-order chi connectivity index (χ1) is 7.15. The number of hydrogen-bond acceptors (Lipinski definition) is 1. The molecule has 2 nitrogen and oxygen atoms in total. The topological polar surface area (TPSA) is 29.1 Å². The van der Waals surface area contributed by atoms with E-state index in [1.165, 1.54) is 15.3 Å². The molecule has 1 aromatic rings. The van der Waals surface area contributed by atoms with E-state index in [0.717, 1.165) is 0 Å². The number of nitrogens with one attached hydrogen (secondary N) is 1. The summed E-state index contributed by atoms with van der Waals surface area (Å²) in [6.45, 7) is 5.79. The number of rotatable bonds is 4. The zero-order valence-electron chi connectivity index (χ0n) is 9.41. The van der Waals surface area contributed by atoms with Crippen molar-refractivity contribution in [2.45, 2.75) is 32.1 Å². The van der Waals surface area contributed by atoms with Gasteiger partial charge in [-0.05, 0) is 0 Å². The summed E-state index contributed by atoms with van der Waals surface area (Å²) in [5.41, 5.74) is 1.26. The second kappa shape index (κ2) is 5.94. The van der Waals surface area contributed by atoms with Crippen molar-refractivity contribution in [3.63, 3.8) is 0 Å². The predicted octanol–water partition coefficient (Wildman–Crippen LogP) is 1.65. The van der Waals surface area contributed by atoms with Crippen LogP contribution in [-0.4, -0.2) is 20.9 Å². The maximum absolute atomic E-state index is 11.0. The Labute approximate surface area is 97.6 Å². The molecule has 0 saturated carbocycles. The Hall–Kier alpha value is -0.791. The van der Waals surface area contributed by atoms with E-state index in [1.54, 1.807) is 6.92 Å². The first-order valence-electron chi connectivity index (χ1n) is 5.14. The summed E-state index contributed by atoms with van der Waals surface area (Å²) < 4.78 is 1.40. The minimum atomic E-state index is 0.0290. The van der Waals surface area contributed by atoms with Crippen molar-refractivity contribution in [2.24, 2.45) is 0 Å². The Balaban J connectivity index is 2.86. The maximum atomic E-state index is 11.0. The zero-order valence-corrected chi connectivity index (χ0v) is 11.1. The van der Waals surface area contributed by atoms with Crippen LogP contribution in [0, 0.1) is 0 Å². The number of carbonyl (C=O) groups excluding carboxylic acids is 1. The van der Waals surface area contributed by atoms with Gasteiger partial charge in [-0.15, -0.1) is 0 Å². The molecule has 0 aromatic heterocycles. The summed E-state index contributed by atoms with van der Waals surface area (Å²) in [4.78, 5) is 11.0. The second-order valence-corrected chi connectivity index (χ2v) is 6.13. The Morgan fingerprint density at radius 3 is 2.73 bits per heavy atom. The quantitative estimate of drug-likeness (QED) is 0.828. The van der Waals surface area contributed by atoms with Gasteiger partial charge >= 0.3 is 97.4 Å². The van der Waals surface area contributed by atoms with E-state index in [0.29, 0.717) is 15.0 Å². The zero-order chi connectivity index (χ0) is 11.3. The first-order valence-corrected chi connectivity index (χ1v) is 7.20. The summed E-state index contributed by atoms with van der Waals surface area (Å²) in [5.74, 6) is 0.0290. The van der Waals surface area contributed by atoms with Crippen molar-refractivity contribution < 1.29 is 4.79 Å². The third-order valence-electron chi connectivity index (χ3n) is 2.11. The minimum absolute atomic E-state index is 0.0290. The molecule has 1 aromatic carbocycles. The van der Waals surface area contributed by atoms with Gasteiger partial charge in [-0.2, -0.15) is 0 Å². The molecule has 0 aliphatic carbocycles. The fourth-order valence-corrected chi connectivity index (χ4v) is 3.39. The molecular formula is C12H17NOSe. The van der Waals surface area contributed by atoms with Gasteiger partial charge in [0.15, 0.2) is 0 Å². The van der Waals surface area contributed by atoms with Crippen molar-refractivity contribution >= 4 is 25.3 Å². The summed E-state index contributed by atoms with van der Waals surface area (Å²) in [6.07, 6.45) is 0. The van der Waals surface area contributed by atoms with E-state index in [9.17, 15) is 4.79 Å². The van der Waals surface area contributed by atoms with E-state index in [1.807, 2.05) is 13.0 Å².